The highest BCUT2D eigenvalue weighted by molar-refractivity contribution is 5.81. The number of oxime groups is 1. The van der Waals surface area contributed by atoms with E-state index in [2.05, 4.69) is 25.9 Å². The van der Waals surface area contributed by atoms with E-state index in [1.54, 1.807) is 32.6 Å². The largest absolute Gasteiger partial charge is 0.493 e. The highest BCUT2D eigenvalue weighted by atomic mass is 16.6. The first-order valence-electron chi connectivity index (χ1n) is 9.42. The molecule has 2 bridgehead atoms. The second-order valence-corrected chi connectivity index (χ2v) is 8.86. The molecule has 2 unspecified atom stereocenters. The molecule has 1 amide bonds. The Hall–Kier alpha value is -2.24. The van der Waals surface area contributed by atoms with Crippen LogP contribution in [0.1, 0.15) is 45.6 Å². The number of nitrogens with zero attached hydrogens (tertiary/aromatic N) is 2. The number of methoxy groups -OCH3 is 2. The molecule has 1 heterocycles. The molecule has 1 saturated carbocycles. The molecule has 6 nitrogen and oxygen atoms in total. The van der Waals surface area contributed by atoms with Crippen LogP contribution < -0.4 is 9.47 Å². The van der Waals surface area contributed by atoms with E-state index in [-0.39, 0.29) is 17.9 Å². The Balaban J connectivity index is 1.55. The fourth-order valence-electron chi connectivity index (χ4n) is 4.96. The highest BCUT2D eigenvalue weighted by Crippen LogP contribution is 2.52. The zero-order chi connectivity index (χ0) is 19.7. The van der Waals surface area contributed by atoms with Gasteiger partial charge < -0.3 is 19.2 Å². The average molecular weight is 374 g/mol. The van der Waals surface area contributed by atoms with E-state index in [0.29, 0.717) is 23.0 Å². The van der Waals surface area contributed by atoms with E-state index in [1.807, 2.05) is 11.0 Å². The average Bonchev–Trinajstić information content (AvgIpc) is 2.87. The van der Waals surface area contributed by atoms with E-state index >= 15 is 0 Å². The molecule has 27 heavy (non-hydrogen) atoms. The molecule has 1 saturated heterocycles. The Morgan fingerprint density at radius 2 is 1.96 bits per heavy atom. The van der Waals surface area contributed by atoms with E-state index in [4.69, 9.17) is 14.3 Å². The van der Waals surface area contributed by atoms with E-state index < -0.39 is 0 Å². The first-order chi connectivity index (χ1) is 12.8. The summed E-state index contributed by atoms with van der Waals surface area (Å²) in [6.07, 6.45) is 4.89. The maximum atomic E-state index is 12.6. The zero-order valence-corrected chi connectivity index (χ0v) is 16.9. The first kappa shape index (κ1) is 19.5. The van der Waals surface area contributed by atoms with Crippen LogP contribution in [-0.4, -0.2) is 50.4 Å². The molecule has 2 atom stereocenters. The summed E-state index contributed by atoms with van der Waals surface area (Å²) >= 11 is 0. The van der Waals surface area contributed by atoms with E-state index in [0.717, 1.165) is 24.9 Å². The van der Waals surface area contributed by atoms with Gasteiger partial charge >= 0.3 is 0 Å². The molecule has 1 aromatic rings. The predicted octanol–water partition coefficient (Wildman–Crippen LogP) is 3.48. The maximum absolute atomic E-state index is 12.6. The van der Waals surface area contributed by atoms with Crippen molar-refractivity contribution in [1.29, 1.82) is 0 Å². The summed E-state index contributed by atoms with van der Waals surface area (Å²) in [7, 11) is 3.18. The fraction of sp³-hybridized carbons (Fsp3) is 0.619. The van der Waals surface area contributed by atoms with Crippen LogP contribution in [0.5, 0.6) is 11.5 Å². The van der Waals surface area contributed by atoms with Crippen molar-refractivity contribution >= 4 is 12.1 Å². The van der Waals surface area contributed by atoms with Crippen molar-refractivity contribution < 1.29 is 19.1 Å². The number of hydrogen-bond donors (Lipinski definition) is 0. The lowest BCUT2D eigenvalue weighted by Crippen LogP contribution is -2.39. The van der Waals surface area contributed by atoms with Crippen molar-refractivity contribution in [2.75, 3.05) is 27.4 Å². The Morgan fingerprint density at radius 1 is 1.22 bits per heavy atom. The van der Waals surface area contributed by atoms with Crippen LogP contribution in [0.25, 0.3) is 0 Å². The fourth-order valence-corrected chi connectivity index (χ4v) is 4.96. The van der Waals surface area contributed by atoms with E-state index in [9.17, 15) is 4.79 Å². The van der Waals surface area contributed by atoms with Crippen molar-refractivity contribution in [3.63, 3.8) is 0 Å². The van der Waals surface area contributed by atoms with Crippen LogP contribution in [0, 0.1) is 10.8 Å². The lowest BCUT2D eigenvalue weighted by atomic mass is 9.65. The summed E-state index contributed by atoms with van der Waals surface area (Å²) < 4.78 is 10.5. The monoisotopic (exact) mass is 374 g/mol. The predicted molar refractivity (Wildman–Crippen MR) is 104 cm³/mol. The molecule has 2 fully saturated rings. The molecular weight excluding hydrogens is 344 g/mol. The Kier molecular flexibility index (Phi) is 5.36. The second-order valence-electron chi connectivity index (χ2n) is 8.86. The maximum Gasteiger partial charge on any atom is 0.263 e. The van der Waals surface area contributed by atoms with Crippen molar-refractivity contribution in [3.8, 4) is 11.5 Å². The molecule has 0 aromatic heterocycles. The summed E-state index contributed by atoms with van der Waals surface area (Å²) in [5, 5.41) is 3.95. The van der Waals surface area contributed by atoms with Crippen molar-refractivity contribution in [2.24, 2.45) is 16.0 Å². The van der Waals surface area contributed by atoms with Crippen molar-refractivity contribution in [3.05, 3.63) is 23.8 Å². The van der Waals surface area contributed by atoms with Crippen LogP contribution in [0.3, 0.4) is 0 Å². The third-order valence-corrected chi connectivity index (χ3v) is 5.61. The van der Waals surface area contributed by atoms with Gasteiger partial charge in [-0.05, 0) is 48.3 Å². The minimum atomic E-state index is -0.0310. The summed E-state index contributed by atoms with van der Waals surface area (Å²) in [5.41, 5.74) is 1.33. The van der Waals surface area contributed by atoms with Gasteiger partial charge in [0.05, 0.1) is 20.4 Å². The number of benzene rings is 1. The Bertz CT molecular complexity index is 731. The standard InChI is InChI=1S/C21H30N2O4/c1-20(2)9-16-10-21(3,13-20)14-23(16)19(24)12-27-22-11-15-6-7-17(25-4)18(8-15)26-5/h6-8,11,16H,9-10,12-14H2,1-5H3. The molecule has 6 heteroatoms. The van der Waals surface area contributed by atoms with Gasteiger partial charge in [-0.3, -0.25) is 4.79 Å². The smallest absolute Gasteiger partial charge is 0.263 e. The Labute approximate surface area is 161 Å². The normalized spacial score (nSPS) is 26.3. The molecule has 1 aliphatic heterocycles. The number of fused-ring (bicyclic) bond motifs is 2. The summed E-state index contributed by atoms with van der Waals surface area (Å²) in [4.78, 5) is 19.9. The van der Waals surface area contributed by atoms with Crippen molar-refractivity contribution in [2.45, 2.75) is 46.1 Å². The first-order valence-corrected chi connectivity index (χ1v) is 9.42. The molecule has 1 aliphatic carbocycles. The van der Waals surface area contributed by atoms with Crippen molar-refractivity contribution in [1.82, 2.24) is 4.90 Å². The van der Waals surface area contributed by atoms with Gasteiger partial charge in [0.1, 0.15) is 0 Å². The summed E-state index contributed by atoms with van der Waals surface area (Å²) in [6.45, 7) is 7.69. The minimum Gasteiger partial charge on any atom is -0.493 e. The van der Waals surface area contributed by atoms with Crippen LogP contribution >= 0.6 is 0 Å². The van der Waals surface area contributed by atoms with Crippen LogP contribution in [-0.2, 0) is 9.63 Å². The minimum absolute atomic E-state index is 0.0193. The van der Waals surface area contributed by atoms with Crippen LogP contribution in [0.4, 0.5) is 0 Å². The molecule has 2 aliphatic rings. The zero-order valence-electron chi connectivity index (χ0n) is 16.9. The second kappa shape index (κ2) is 7.41. The van der Waals surface area contributed by atoms with Gasteiger partial charge in [0.2, 0.25) is 0 Å². The number of ether oxygens (including phenoxy) is 2. The number of rotatable bonds is 6. The SMILES string of the molecule is COc1ccc(C=NOCC(=O)N2CC3(C)CC2CC(C)(C)C3)cc1OC. The molecule has 0 spiro atoms. The number of carbonyl (C=O) groups excluding carboxylic acids is 1. The third-order valence-electron chi connectivity index (χ3n) is 5.61. The number of carbonyl (C=O) groups is 1. The molecule has 0 N–H and O–H groups in total. The summed E-state index contributed by atoms with van der Waals surface area (Å²) in [5.74, 6) is 1.30. The lowest BCUT2D eigenvalue weighted by molar-refractivity contribution is -0.137. The van der Waals surface area contributed by atoms with Gasteiger partial charge in [0, 0.05) is 18.2 Å². The topological polar surface area (TPSA) is 60.4 Å². The van der Waals surface area contributed by atoms with E-state index in [1.165, 1.54) is 6.42 Å². The van der Waals surface area contributed by atoms with Crippen LogP contribution in [0.15, 0.2) is 23.4 Å². The molecule has 1 aromatic carbocycles. The Morgan fingerprint density at radius 3 is 2.67 bits per heavy atom. The lowest BCUT2D eigenvalue weighted by Gasteiger charge is -2.39. The van der Waals surface area contributed by atoms with Gasteiger partial charge in [0.15, 0.2) is 18.1 Å². The van der Waals surface area contributed by atoms with Gasteiger partial charge in [-0.1, -0.05) is 25.9 Å². The van der Waals surface area contributed by atoms with Gasteiger partial charge in [-0.15, -0.1) is 0 Å². The summed E-state index contributed by atoms with van der Waals surface area (Å²) in [6, 6.07) is 5.78. The van der Waals surface area contributed by atoms with Gasteiger partial charge in [-0.2, -0.15) is 0 Å². The molecular formula is C21H30N2O4. The number of hydrogen-bond acceptors (Lipinski definition) is 5. The number of amides is 1. The quantitative estimate of drug-likeness (QED) is 0.565. The van der Waals surface area contributed by atoms with Gasteiger partial charge in [-0.25, -0.2) is 0 Å². The number of likely N-dealkylation sites (tertiary alicyclic amines) is 1. The third kappa shape index (κ3) is 4.37. The molecule has 148 valence electrons. The highest BCUT2D eigenvalue weighted by Gasteiger charge is 2.50. The molecule has 0 radical (unpaired) electrons. The molecule has 3 rings (SSSR count). The van der Waals surface area contributed by atoms with Gasteiger partial charge in [0.25, 0.3) is 5.91 Å². The van der Waals surface area contributed by atoms with Crippen LogP contribution in [0.2, 0.25) is 0 Å².